The van der Waals surface area contributed by atoms with Gasteiger partial charge in [-0.3, -0.25) is 4.79 Å². The molecule has 0 unspecified atom stereocenters. The van der Waals surface area contributed by atoms with Crippen LogP contribution in [0.25, 0.3) is 0 Å². The lowest BCUT2D eigenvalue weighted by atomic mass is 9.97. The van der Waals surface area contributed by atoms with E-state index in [0.717, 1.165) is 23.6 Å². The molecule has 28 heavy (non-hydrogen) atoms. The molecule has 1 atom stereocenters. The van der Waals surface area contributed by atoms with Gasteiger partial charge >= 0.3 is 5.97 Å². The number of sulfonamides is 1. The van der Waals surface area contributed by atoms with E-state index in [1.807, 2.05) is 0 Å². The highest BCUT2D eigenvalue weighted by Gasteiger charge is 2.22. The molecule has 7 nitrogen and oxygen atoms in total. The van der Waals surface area contributed by atoms with Crippen LogP contribution in [0.2, 0.25) is 0 Å². The molecule has 0 heterocycles. The summed E-state index contributed by atoms with van der Waals surface area (Å²) in [4.78, 5) is 24.5. The molecule has 1 aliphatic carbocycles. The van der Waals surface area contributed by atoms with Crippen molar-refractivity contribution in [2.45, 2.75) is 50.0 Å². The molecule has 1 N–H and O–H groups in total. The van der Waals surface area contributed by atoms with Crippen LogP contribution >= 0.6 is 0 Å². The quantitative estimate of drug-likeness (QED) is 0.527. The molecular weight excluding hydrogens is 380 g/mol. The van der Waals surface area contributed by atoms with E-state index < -0.39 is 22.1 Å². The Balaban J connectivity index is 1.91. The summed E-state index contributed by atoms with van der Waals surface area (Å²) < 4.78 is 30.6. The summed E-state index contributed by atoms with van der Waals surface area (Å²) in [6, 6.07) is 5.58. The van der Waals surface area contributed by atoms with Gasteiger partial charge in [-0.25, -0.2) is 17.5 Å². The molecule has 0 radical (unpaired) electrons. The zero-order valence-electron chi connectivity index (χ0n) is 16.6. The van der Waals surface area contributed by atoms with Gasteiger partial charge < -0.3 is 10.1 Å². The smallest absolute Gasteiger partial charge is 0.338 e. The Hall–Kier alpha value is -2.19. The lowest BCUT2D eigenvalue weighted by Crippen LogP contribution is -2.36. The van der Waals surface area contributed by atoms with Gasteiger partial charge in [-0.2, -0.15) is 0 Å². The van der Waals surface area contributed by atoms with Gasteiger partial charge in [-0.15, -0.1) is 0 Å². The van der Waals surface area contributed by atoms with Crippen molar-refractivity contribution in [1.29, 1.82) is 0 Å². The first kappa shape index (κ1) is 22.1. The molecule has 0 bridgehead atoms. The maximum atomic E-state index is 12.3. The minimum absolute atomic E-state index is 0.00943. The first-order valence-corrected chi connectivity index (χ1v) is 10.8. The second kappa shape index (κ2) is 9.84. The van der Waals surface area contributed by atoms with E-state index in [2.05, 4.69) is 11.4 Å². The van der Waals surface area contributed by atoms with Crippen LogP contribution in [0.5, 0.6) is 0 Å². The highest BCUT2D eigenvalue weighted by atomic mass is 32.2. The number of nitrogens with one attached hydrogen (secondary N) is 1. The summed E-state index contributed by atoms with van der Waals surface area (Å²) in [6.07, 6.45) is 6.65. The summed E-state index contributed by atoms with van der Waals surface area (Å²) in [7, 11) is -0.834. The lowest BCUT2D eigenvalue weighted by Gasteiger charge is -2.16. The van der Waals surface area contributed by atoms with E-state index in [0.29, 0.717) is 6.54 Å². The molecule has 1 aromatic carbocycles. The van der Waals surface area contributed by atoms with E-state index in [9.17, 15) is 18.0 Å². The maximum Gasteiger partial charge on any atom is 0.338 e. The fourth-order valence-corrected chi connectivity index (χ4v) is 3.85. The topological polar surface area (TPSA) is 92.8 Å². The highest BCUT2D eigenvalue weighted by Crippen LogP contribution is 2.19. The molecule has 154 valence electrons. The minimum Gasteiger partial charge on any atom is -0.449 e. The zero-order valence-corrected chi connectivity index (χ0v) is 17.4. The number of nitrogens with zero attached hydrogens (tertiary/aromatic N) is 1. The van der Waals surface area contributed by atoms with Crippen molar-refractivity contribution in [2.24, 2.45) is 0 Å². The second-order valence-electron chi connectivity index (χ2n) is 7.01. The molecule has 1 amide bonds. The van der Waals surface area contributed by atoms with Gasteiger partial charge in [0.2, 0.25) is 10.0 Å². The largest absolute Gasteiger partial charge is 0.449 e. The van der Waals surface area contributed by atoms with Gasteiger partial charge in [-0.1, -0.05) is 17.7 Å². The van der Waals surface area contributed by atoms with Crippen molar-refractivity contribution in [3.05, 3.63) is 41.5 Å². The first-order chi connectivity index (χ1) is 13.2. The van der Waals surface area contributed by atoms with Crippen LogP contribution in [0.3, 0.4) is 0 Å². The van der Waals surface area contributed by atoms with Crippen LogP contribution in [0.15, 0.2) is 40.8 Å². The Morgan fingerprint density at radius 2 is 2.00 bits per heavy atom. The third-order valence-corrected chi connectivity index (χ3v) is 6.44. The number of carbonyl (C=O) groups excluding carboxylic acids is 2. The van der Waals surface area contributed by atoms with Crippen LogP contribution in [0.4, 0.5) is 0 Å². The Kier molecular flexibility index (Phi) is 7.77. The third-order valence-electron chi connectivity index (χ3n) is 4.63. The van der Waals surface area contributed by atoms with E-state index >= 15 is 0 Å². The molecule has 0 saturated heterocycles. The molecule has 1 aliphatic rings. The third kappa shape index (κ3) is 5.90. The molecular formula is C20H28N2O5S. The van der Waals surface area contributed by atoms with Crippen molar-refractivity contribution in [3.63, 3.8) is 0 Å². The summed E-state index contributed by atoms with van der Waals surface area (Å²) >= 11 is 0. The molecule has 0 saturated carbocycles. The van der Waals surface area contributed by atoms with E-state index in [4.69, 9.17) is 4.74 Å². The standard InChI is InChI=1S/C20H28N2O5S/c1-15(19(23)21-13-12-16-8-5-4-6-9-16)27-20(24)17-10-7-11-18(14-17)28(25,26)22(2)3/h7-8,10-11,14-15H,4-6,9,12-13H2,1-3H3,(H,21,23)/t15-/m1/s1. The van der Waals surface area contributed by atoms with Crippen molar-refractivity contribution < 1.29 is 22.7 Å². The number of ether oxygens (including phenoxy) is 1. The van der Waals surface area contributed by atoms with Gasteiger partial charge in [-0.05, 0) is 57.2 Å². The van der Waals surface area contributed by atoms with Gasteiger partial charge in [0.1, 0.15) is 0 Å². The van der Waals surface area contributed by atoms with Crippen LogP contribution in [0.1, 0.15) is 49.4 Å². The summed E-state index contributed by atoms with van der Waals surface area (Å²) in [6.45, 7) is 2.00. The summed E-state index contributed by atoms with van der Waals surface area (Å²) in [5.74, 6) is -1.12. The summed E-state index contributed by atoms with van der Waals surface area (Å²) in [5.41, 5.74) is 1.44. The van der Waals surface area contributed by atoms with Gasteiger partial charge in [0, 0.05) is 20.6 Å². The van der Waals surface area contributed by atoms with Crippen molar-refractivity contribution in [2.75, 3.05) is 20.6 Å². The molecule has 0 spiro atoms. The first-order valence-electron chi connectivity index (χ1n) is 9.41. The van der Waals surface area contributed by atoms with E-state index in [1.54, 1.807) is 0 Å². The van der Waals surface area contributed by atoms with Crippen LogP contribution in [-0.2, 0) is 19.6 Å². The van der Waals surface area contributed by atoms with Crippen LogP contribution in [0, 0.1) is 0 Å². The predicted molar refractivity (Wildman–Crippen MR) is 106 cm³/mol. The monoisotopic (exact) mass is 408 g/mol. The fourth-order valence-electron chi connectivity index (χ4n) is 2.90. The molecule has 1 aromatic rings. The number of carbonyl (C=O) groups is 2. The molecule has 0 aliphatic heterocycles. The van der Waals surface area contributed by atoms with Crippen molar-refractivity contribution >= 4 is 21.9 Å². The Morgan fingerprint density at radius 1 is 1.25 bits per heavy atom. The van der Waals surface area contributed by atoms with E-state index in [1.165, 1.54) is 63.7 Å². The lowest BCUT2D eigenvalue weighted by molar-refractivity contribution is -0.129. The number of rotatable bonds is 8. The number of allylic oxidation sites excluding steroid dienone is 1. The molecule has 0 fully saturated rings. The average molecular weight is 409 g/mol. The Bertz CT molecular complexity index is 846. The number of hydrogen-bond donors (Lipinski definition) is 1. The number of hydrogen-bond acceptors (Lipinski definition) is 5. The number of esters is 1. The normalized spacial score (nSPS) is 15.6. The van der Waals surface area contributed by atoms with Crippen LogP contribution < -0.4 is 5.32 Å². The summed E-state index contributed by atoms with van der Waals surface area (Å²) in [5, 5.41) is 2.78. The molecule has 0 aromatic heterocycles. The predicted octanol–water partition coefficient (Wildman–Crippen LogP) is 2.49. The Labute approximate surface area is 166 Å². The second-order valence-corrected chi connectivity index (χ2v) is 9.16. The zero-order chi connectivity index (χ0) is 20.7. The van der Waals surface area contributed by atoms with Gasteiger partial charge in [0.05, 0.1) is 10.5 Å². The average Bonchev–Trinajstić information content (AvgIpc) is 2.68. The van der Waals surface area contributed by atoms with Crippen molar-refractivity contribution in [1.82, 2.24) is 9.62 Å². The van der Waals surface area contributed by atoms with Gasteiger partial charge in [0.25, 0.3) is 5.91 Å². The van der Waals surface area contributed by atoms with Crippen molar-refractivity contribution in [3.8, 4) is 0 Å². The SMILES string of the molecule is C[C@@H](OC(=O)c1cccc(S(=O)(=O)N(C)C)c1)C(=O)NCCC1=CCCCC1. The Morgan fingerprint density at radius 3 is 2.64 bits per heavy atom. The minimum atomic E-state index is -3.66. The molecule has 8 heteroatoms. The number of benzene rings is 1. The molecule has 2 rings (SSSR count). The van der Waals surface area contributed by atoms with Gasteiger partial charge in [0.15, 0.2) is 6.10 Å². The highest BCUT2D eigenvalue weighted by molar-refractivity contribution is 7.89. The maximum absolute atomic E-state index is 12.3. The number of amides is 1. The fraction of sp³-hybridized carbons (Fsp3) is 0.500. The van der Waals surface area contributed by atoms with E-state index in [-0.39, 0.29) is 16.4 Å². The van der Waals surface area contributed by atoms with Crippen LogP contribution in [-0.4, -0.2) is 51.3 Å².